The van der Waals surface area contributed by atoms with Crippen molar-refractivity contribution in [3.05, 3.63) is 77.0 Å². The number of carbonyl (C=O) groups is 1. The van der Waals surface area contributed by atoms with Gasteiger partial charge in [-0.05, 0) is 67.6 Å². The molecule has 0 aliphatic carbocycles. The summed E-state index contributed by atoms with van der Waals surface area (Å²) in [5.41, 5.74) is 5.58. The van der Waals surface area contributed by atoms with E-state index in [1.54, 1.807) is 24.3 Å². The maximum atomic E-state index is 14.0. The first kappa shape index (κ1) is 23.4. The second kappa shape index (κ2) is 9.63. The Balaban J connectivity index is 1.53. The van der Waals surface area contributed by atoms with Gasteiger partial charge in [0, 0.05) is 35.8 Å². The minimum atomic E-state index is -0.921. The van der Waals surface area contributed by atoms with Crippen LogP contribution in [0, 0.1) is 25.6 Å². The Bertz CT molecular complexity index is 1360. The van der Waals surface area contributed by atoms with E-state index in [4.69, 9.17) is 0 Å². The van der Waals surface area contributed by atoms with Gasteiger partial charge in [-0.1, -0.05) is 19.9 Å². The number of aryl methyl sites for hydroxylation is 2. The van der Waals surface area contributed by atoms with Gasteiger partial charge in [0.25, 0.3) is 0 Å². The minimum absolute atomic E-state index is 0.233. The second-order valence-electron chi connectivity index (χ2n) is 9.08. The number of hydrogen-bond donors (Lipinski definition) is 2. The summed E-state index contributed by atoms with van der Waals surface area (Å²) in [4.78, 5) is 20.3. The zero-order valence-corrected chi connectivity index (χ0v) is 19.9. The first-order chi connectivity index (χ1) is 16.2. The lowest BCUT2D eigenvalue weighted by Gasteiger charge is -2.13. The van der Waals surface area contributed by atoms with E-state index in [-0.39, 0.29) is 5.82 Å². The molecule has 0 saturated heterocycles. The molecule has 2 N–H and O–H groups in total. The van der Waals surface area contributed by atoms with Gasteiger partial charge in [0.2, 0.25) is 0 Å². The molecule has 0 spiro atoms. The molecule has 0 aliphatic rings. The third-order valence-electron chi connectivity index (χ3n) is 5.97. The second-order valence-corrected chi connectivity index (χ2v) is 9.08. The van der Waals surface area contributed by atoms with Crippen LogP contribution in [0.15, 0.2) is 48.8 Å². The quantitative estimate of drug-likeness (QED) is 0.344. The third kappa shape index (κ3) is 4.93. The molecule has 2 heterocycles. The summed E-state index contributed by atoms with van der Waals surface area (Å²) in [6.07, 6.45) is 2.18. The standard InChI is InChI=1S/C27H29FN4O2/c1-16(2)9-20-12-19(5-6-22(20)27(33)34)24-14-26(31-15-30-24)29-7-8-32-18(4)11-23-17(3)10-21(28)13-25(23)32/h5-6,10-16H,7-9H2,1-4H3,(H,33,34)(H,29,30,31). The molecule has 2 aromatic heterocycles. The maximum Gasteiger partial charge on any atom is 0.335 e. The highest BCUT2D eigenvalue weighted by atomic mass is 19.1. The Kier molecular flexibility index (Phi) is 6.63. The topological polar surface area (TPSA) is 80.0 Å². The molecule has 0 saturated carbocycles. The Labute approximate surface area is 198 Å². The van der Waals surface area contributed by atoms with E-state index in [1.807, 2.05) is 26.0 Å². The van der Waals surface area contributed by atoms with Crippen molar-refractivity contribution in [2.75, 3.05) is 11.9 Å². The lowest BCUT2D eigenvalue weighted by Crippen LogP contribution is -2.12. The summed E-state index contributed by atoms with van der Waals surface area (Å²) in [5, 5.41) is 13.9. The summed E-state index contributed by atoms with van der Waals surface area (Å²) in [5.74, 6) is -0.144. The van der Waals surface area contributed by atoms with E-state index in [2.05, 4.69) is 39.8 Å². The molecule has 0 atom stereocenters. The minimum Gasteiger partial charge on any atom is -0.478 e. The molecular formula is C27H29FN4O2. The van der Waals surface area contributed by atoms with Gasteiger partial charge in [0.05, 0.1) is 16.8 Å². The van der Waals surface area contributed by atoms with E-state index in [1.165, 1.54) is 6.33 Å². The van der Waals surface area contributed by atoms with Crippen molar-refractivity contribution < 1.29 is 14.3 Å². The molecule has 34 heavy (non-hydrogen) atoms. The van der Waals surface area contributed by atoms with Crippen molar-refractivity contribution in [1.29, 1.82) is 0 Å². The van der Waals surface area contributed by atoms with E-state index >= 15 is 0 Å². The smallest absolute Gasteiger partial charge is 0.335 e. The molecule has 0 fully saturated rings. The normalized spacial score (nSPS) is 11.4. The molecule has 2 aromatic carbocycles. The number of aromatic carboxylic acids is 1. The van der Waals surface area contributed by atoms with Gasteiger partial charge < -0.3 is 15.0 Å². The van der Waals surface area contributed by atoms with Crippen molar-refractivity contribution in [3.63, 3.8) is 0 Å². The Hall–Kier alpha value is -3.74. The van der Waals surface area contributed by atoms with Gasteiger partial charge in [-0.25, -0.2) is 19.2 Å². The van der Waals surface area contributed by atoms with Crippen LogP contribution in [0.5, 0.6) is 0 Å². The van der Waals surface area contributed by atoms with Crippen LogP contribution in [0.25, 0.3) is 22.2 Å². The maximum absolute atomic E-state index is 14.0. The molecular weight excluding hydrogens is 431 g/mol. The summed E-state index contributed by atoms with van der Waals surface area (Å²) < 4.78 is 16.1. The lowest BCUT2D eigenvalue weighted by molar-refractivity contribution is 0.0695. The average molecular weight is 461 g/mol. The van der Waals surface area contributed by atoms with Crippen molar-refractivity contribution in [2.45, 2.75) is 40.7 Å². The molecule has 0 amide bonds. The number of fused-ring (bicyclic) bond motifs is 1. The van der Waals surface area contributed by atoms with Gasteiger partial charge in [-0.15, -0.1) is 0 Å². The number of hydrogen-bond acceptors (Lipinski definition) is 4. The third-order valence-corrected chi connectivity index (χ3v) is 5.97. The van der Waals surface area contributed by atoms with Crippen molar-refractivity contribution in [1.82, 2.24) is 14.5 Å². The molecule has 6 nitrogen and oxygen atoms in total. The number of benzene rings is 2. The number of rotatable bonds is 8. The SMILES string of the molecule is Cc1cc(F)cc2c1cc(C)n2CCNc1cc(-c2ccc(C(=O)O)c(CC(C)C)c2)ncn1. The summed E-state index contributed by atoms with van der Waals surface area (Å²) in [7, 11) is 0. The molecule has 0 bridgehead atoms. The van der Waals surface area contributed by atoms with Crippen LogP contribution in [-0.2, 0) is 13.0 Å². The monoisotopic (exact) mass is 460 g/mol. The van der Waals surface area contributed by atoms with E-state index in [0.717, 1.165) is 39.0 Å². The lowest BCUT2D eigenvalue weighted by atomic mass is 9.95. The molecule has 4 rings (SSSR count). The number of carboxylic acids is 1. The fourth-order valence-corrected chi connectivity index (χ4v) is 4.40. The highest BCUT2D eigenvalue weighted by molar-refractivity contribution is 5.90. The fraction of sp³-hybridized carbons (Fsp3) is 0.296. The van der Waals surface area contributed by atoms with Crippen molar-refractivity contribution >= 4 is 22.7 Å². The summed E-state index contributed by atoms with van der Waals surface area (Å²) >= 11 is 0. The Morgan fingerprint density at radius 2 is 1.91 bits per heavy atom. The largest absolute Gasteiger partial charge is 0.478 e. The van der Waals surface area contributed by atoms with Gasteiger partial charge in [-0.3, -0.25) is 0 Å². The Morgan fingerprint density at radius 3 is 2.65 bits per heavy atom. The fourth-order valence-electron chi connectivity index (χ4n) is 4.40. The predicted octanol–water partition coefficient (Wildman–Crippen LogP) is 5.86. The molecule has 0 unspecified atom stereocenters. The number of anilines is 1. The van der Waals surface area contributed by atoms with Crippen LogP contribution in [-0.4, -0.2) is 32.2 Å². The first-order valence-corrected chi connectivity index (χ1v) is 11.4. The first-order valence-electron chi connectivity index (χ1n) is 11.4. The summed E-state index contributed by atoms with van der Waals surface area (Å²) in [6, 6.07) is 12.4. The highest BCUT2D eigenvalue weighted by Crippen LogP contribution is 2.26. The number of carboxylic acid groups (broad SMARTS) is 1. The van der Waals surface area contributed by atoms with Crippen LogP contribution < -0.4 is 5.32 Å². The van der Waals surface area contributed by atoms with Crippen LogP contribution in [0.2, 0.25) is 0 Å². The molecule has 176 valence electrons. The van der Waals surface area contributed by atoms with E-state index in [0.29, 0.717) is 36.8 Å². The Morgan fingerprint density at radius 1 is 1.12 bits per heavy atom. The van der Waals surface area contributed by atoms with Crippen molar-refractivity contribution in [2.24, 2.45) is 5.92 Å². The zero-order chi connectivity index (χ0) is 24.4. The molecule has 0 radical (unpaired) electrons. The average Bonchev–Trinajstić information content (AvgIpc) is 3.09. The van der Waals surface area contributed by atoms with Crippen LogP contribution in [0.1, 0.15) is 41.0 Å². The van der Waals surface area contributed by atoms with Gasteiger partial charge >= 0.3 is 5.97 Å². The van der Waals surface area contributed by atoms with Gasteiger partial charge in [-0.2, -0.15) is 0 Å². The molecule has 0 aliphatic heterocycles. The van der Waals surface area contributed by atoms with E-state index < -0.39 is 5.97 Å². The van der Waals surface area contributed by atoms with E-state index in [9.17, 15) is 14.3 Å². The predicted molar refractivity (Wildman–Crippen MR) is 133 cm³/mol. The zero-order valence-electron chi connectivity index (χ0n) is 19.9. The van der Waals surface area contributed by atoms with Crippen LogP contribution in [0.3, 0.4) is 0 Å². The molecule has 7 heteroatoms. The van der Waals surface area contributed by atoms with Crippen LogP contribution >= 0.6 is 0 Å². The van der Waals surface area contributed by atoms with Gasteiger partial charge in [0.15, 0.2) is 0 Å². The highest BCUT2D eigenvalue weighted by Gasteiger charge is 2.14. The summed E-state index contributed by atoms with van der Waals surface area (Å²) in [6.45, 7) is 9.34. The van der Waals surface area contributed by atoms with Gasteiger partial charge in [0.1, 0.15) is 18.0 Å². The molecule has 4 aromatic rings. The number of halogens is 1. The van der Waals surface area contributed by atoms with Crippen molar-refractivity contribution in [3.8, 4) is 11.3 Å². The number of nitrogens with zero attached hydrogens (tertiary/aromatic N) is 3. The number of nitrogens with one attached hydrogen (secondary N) is 1. The number of aromatic nitrogens is 3. The van der Waals surface area contributed by atoms with Crippen LogP contribution in [0.4, 0.5) is 10.2 Å².